The lowest BCUT2D eigenvalue weighted by atomic mass is 10.00. The van der Waals surface area contributed by atoms with Crippen LogP contribution in [0.25, 0.3) is 17.2 Å². The summed E-state index contributed by atoms with van der Waals surface area (Å²) in [6.45, 7) is 2.21. The second-order valence-corrected chi connectivity index (χ2v) is 7.87. The standard InChI is InChI=1S/C26H25FN2O4/c1-15-20(9-16-10-23(32-3)25(30)24(11-16)33-4)19-6-5-18(27)12-21(19)22(15)13-28-26(31)17-7-8-29(2)14-17/h5-12,14,30H,13H2,1-4H3,(H,28,31)/b20-9-. The number of aryl methyl sites for hydroxylation is 1. The lowest BCUT2D eigenvalue weighted by Gasteiger charge is -2.11. The van der Waals surface area contributed by atoms with Crippen molar-refractivity contribution in [2.45, 2.75) is 6.92 Å². The van der Waals surface area contributed by atoms with Crippen LogP contribution in [0.2, 0.25) is 0 Å². The van der Waals surface area contributed by atoms with E-state index in [1.807, 2.05) is 20.0 Å². The molecule has 0 saturated carbocycles. The topological polar surface area (TPSA) is 72.7 Å². The summed E-state index contributed by atoms with van der Waals surface area (Å²) in [5.74, 6) is -0.0411. The minimum atomic E-state index is -0.345. The Kier molecular flexibility index (Phi) is 5.96. The minimum Gasteiger partial charge on any atom is -0.502 e. The van der Waals surface area contributed by atoms with Gasteiger partial charge in [0.2, 0.25) is 5.75 Å². The van der Waals surface area contributed by atoms with Crippen LogP contribution in [-0.4, -0.2) is 36.3 Å². The summed E-state index contributed by atoms with van der Waals surface area (Å²) in [5.41, 5.74) is 5.58. The van der Waals surface area contributed by atoms with Crippen molar-refractivity contribution >= 4 is 23.1 Å². The molecule has 4 rings (SSSR count). The average Bonchev–Trinajstić information content (AvgIpc) is 3.34. The highest BCUT2D eigenvalue weighted by Gasteiger charge is 2.25. The van der Waals surface area contributed by atoms with Gasteiger partial charge in [-0.3, -0.25) is 4.79 Å². The Balaban J connectivity index is 1.73. The molecule has 0 bridgehead atoms. The van der Waals surface area contributed by atoms with Gasteiger partial charge in [0.15, 0.2) is 11.5 Å². The SMILES string of the molecule is COc1cc(/C=C2/C(C)=C(CNC(=O)c3ccn(C)c3)c3cc(F)ccc32)cc(OC)c1O. The first-order chi connectivity index (χ1) is 15.8. The van der Waals surface area contributed by atoms with E-state index in [1.54, 1.807) is 41.2 Å². The number of phenolic OH excluding ortho intramolecular Hbond substituents is 1. The fraction of sp³-hybridized carbons (Fsp3) is 0.192. The second-order valence-electron chi connectivity index (χ2n) is 7.87. The maximum atomic E-state index is 14.1. The molecule has 0 fully saturated rings. The molecule has 3 aromatic rings. The molecule has 0 saturated heterocycles. The first kappa shape index (κ1) is 22.2. The van der Waals surface area contributed by atoms with Gasteiger partial charge in [0.1, 0.15) is 5.82 Å². The summed E-state index contributed by atoms with van der Waals surface area (Å²) >= 11 is 0. The van der Waals surface area contributed by atoms with Gasteiger partial charge in [-0.15, -0.1) is 0 Å². The Morgan fingerprint density at radius 3 is 2.42 bits per heavy atom. The molecule has 1 amide bonds. The maximum Gasteiger partial charge on any atom is 0.253 e. The van der Waals surface area contributed by atoms with E-state index in [1.165, 1.54) is 26.4 Å². The predicted molar refractivity (Wildman–Crippen MR) is 126 cm³/mol. The Morgan fingerprint density at radius 2 is 1.82 bits per heavy atom. The van der Waals surface area contributed by atoms with Gasteiger partial charge in [0, 0.05) is 26.0 Å². The van der Waals surface area contributed by atoms with Crippen molar-refractivity contribution in [2.24, 2.45) is 7.05 Å². The Bertz CT molecular complexity index is 1280. The van der Waals surface area contributed by atoms with Crippen molar-refractivity contribution in [1.82, 2.24) is 9.88 Å². The van der Waals surface area contributed by atoms with E-state index in [0.29, 0.717) is 5.56 Å². The zero-order valence-electron chi connectivity index (χ0n) is 18.9. The van der Waals surface area contributed by atoms with Crippen LogP contribution in [0, 0.1) is 5.82 Å². The molecule has 0 atom stereocenters. The van der Waals surface area contributed by atoms with Crippen LogP contribution in [0.5, 0.6) is 17.2 Å². The number of nitrogens with one attached hydrogen (secondary N) is 1. The number of hydrogen-bond acceptors (Lipinski definition) is 4. The highest BCUT2D eigenvalue weighted by molar-refractivity contribution is 6.06. The van der Waals surface area contributed by atoms with Crippen LogP contribution in [0.1, 0.15) is 34.0 Å². The largest absolute Gasteiger partial charge is 0.502 e. The molecule has 7 heteroatoms. The highest BCUT2D eigenvalue weighted by atomic mass is 19.1. The fourth-order valence-electron chi connectivity index (χ4n) is 4.05. The molecule has 1 aliphatic rings. The number of aromatic nitrogens is 1. The molecule has 0 spiro atoms. The number of fused-ring (bicyclic) bond motifs is 1. The monoisotopic (exact) mass is 448 g/mol. The van der Waals surface area contributed by atoms with Crippen molar-refractivity contribution in [1.29, 1.82) is 0 Å². The van der Waals surface area contributed by atoms with Crippen LogP contribution in [0.15, 0.2) is 54.4 Å². The van der Waals surface area contributed by atoms with E-state index in [-0.39, 0.29) is 35.5 Å². The summed E-state index contributed by atoms with van der Waals surface area (Å²) in [6.07, 6.45) is 5.49. The van der Waals surface area contributed by atoms with Gasteiger partial charge in [-0.25, -0.2) is 4.39 Å². The van der Waals surface area contributed by atoms with Crippen molar-refractivity contribution < 1.29 is 23.8 Å². The summed E-state index contributed by atoms with van der Waals surface area (Å²) in [6, 6.07) is 9.80. The number of benzene rings is 2. The number of carbonyl (C=O) groups excluding carboxylic acids is 1. The van der Waals surface area contributed by atoms with Gasteiger partial charge in [0.25, 0.3) is 5.91 Å². The first-order valence-electron chi connectivity index (χ1n) is 10.4. The number of allylic oxidation sites excluding steroid dienone is 2. The van der Waals surface area contributed by atoms with Crippen molar-refractivity contribution in [2.75, 3.05) is 20.8 Å². The number of methoxy groups -OCH3 is 2. The fourth-order valence-corrected chi connectivity index (χ4v) is 4.05. The third kappa shape index (κ3) is 4.22. The molecular weight excluding hydrogens is 423 g/mol. The van der Waals surface area contributed by atoms with Crippen LogP contribution < -0.4 is 14.8 Å². The number of phenols is 1. The Hall–Kier alpha value is -4.00. The molecule has 1 aromatic heterocycles. The molecule has 1 heterocycles. The number of carbonyl (C=O) groups is 1. The predicted octanol–water partition coefficient (Wildman–Crippen LogP) is 4.64. The second kappa shape index (κ2) is 8.86. The number of halogens is 1. The quantitative estimate of drug-likeness (QED) is 0.576. The number of aromatic hydroxyl groups is 1. The minimum absolute atomic E-state index is 0.0763. The molecule has 6 nitrogen and oxygen atoms in total. The van der Waals surface area contributed by atoms with Crippen LogP contribution in [0.3, 0.4) is 0 Å². The molecule has 1 aliphatic carbocycles. The number of nitrogens with zero attached hydrogens (tertiary/aromatic N) is 1. The lowest BCUT2D eigenvalue weighted by molar-refractivity contribution is 0.0958. The third-order valence-corrected chi connectivity index (χ3v) is 5.79. The van der Waals surface area contributed by atoms with Gasteiger partial charge in [-0.05, 0) is 76.7 Å². The van der Waals surface area contributed by atoms with Gasteiger partial charge in [0.05, 0.1) is 19.8 Å². The third-order valence-electron chi connectivity index (χ3n) is 5.79. The van der Waals surface area contributed by atoms with Gasteiger partial charge in [-0.2, -0.15) is 0 Å². The molecular formula is C26H25FN2O4. The average molecular weight is 448 g/mol. The van der Waals surface area contributed by atoms with Crippen molar-refractivity contribution in [3.8, 4) is 17.2 Å². The van der Waals surface area contributed by atoms with Gasteiger partial charge >= 0.3 is 0 Å². The summed E-state index contributed by atoms with van der Waals surface area (Å²) in [4.78, 5) is 12.6. The maximum absolute atomic E-state index is 14.1. The van der Waals surface area contributed by atoms with E-state index in [9.17, 15) is 14.3 Å². The molecule has 2 N–H and O–H groups in total. The zero-order chi connectivity index (χ0) is 23.7. The van der Waals surface area contributed by atoms with E-state index in [0.717, 1.165) is 33.4 Å². The first-order valence-corrected chi connectivity index (χ1v) is 10.4. The number of hydrogen-bond donors (Lipinski definition) is 2. The summed E-state index contributed by atoms with van der Waals surface area (Å²) in [5, 5.41) is 13.2. The van der Waals surface area contributed by atoms with Crippen LogP contribution in [0.4, 0.5) is 4.39 Å². The van der Waals surface area contributed by atoms with Crippen LogP contribution >= 0.6 is 0 Å². The van der Waals surface area contributed by atoms with Crippen molar-refractivity contribution in [3.63, 3.8) is 0 Å². The molecule has 2 aromatic carbocycles. The van der Waals surface area contributed by atoms with Crippen LogP contribution in [-0.2, 0) is 7.05 Å². The summed E-state index contributed by atoms with van der Waals surface area (Å²) in [7, 11) is 4.79. The molecule has 0 unspecified atom stereocenters. The van der Waals surface area contributed by atoms with E-state index in [4.69, 9.17) is 9.47 Å². The Labute approximate surface area is 191 Å². The number of rotatable bonds is 6. The van der Waals surface area contributed by atoms with E-state index in [2.05, 4.69) is 5.32 Å². The molecule has 33 heavy (non-hydrogen) atoms. The molecule has 0 radical (unpaired) electrons. The summed E-state index contributed by atoms with van der Waals surface area (Å²) < 4.78 is 26.5. The normalized spacial score (nSPS) is 13.9. The lowest BCUT2D eigenvalue weighted by Crippen LogP contribution is -2.25. The number of ether oxygens (including phenoxy) is 2. The smallest absolute Gasteiger partial charge is 0.253 e. The highest BCUT2D eigenvalue weighted by Crippen LogP contribution is 2.44. The number of amides is 1. The van der Waals surface area contributed by atoms with Gasteiger partial charge < -0.3 is 24.5 Å². The Morgan fingerprint density at radius 1 is 1.12 bits per heavy atom. The van der Waals surface area contributed by atoms with E-state index >= 15 is 0 Å². The molecule has 170 valence electrons. The van der Waals surface area contributed by atoms with E-state index < -0.39 is 0 Å². The van der Waals surface area contributed by atoms with Crippen molar-refractivity contribution in [3.05, 3.63) is 82.4 Å². The molecule has 0 aliphatic heterocycles. The van der Waals surface area contributed by atoms with Gasteiger partial charge in [-0.1, -0.05) is 6.07 Å². The zero-order valence-corrected chi connectivity index (χ0v) is 18.9.